The molecule has 0 atom stereocenters. The highest BCUT2D eigenvalue weighted by atomic mass is 16.1. The van der Waals surface area contributed by atoms with Crippen LogP contribution in [-0.2, 0) is 4.79 Å². The molecule has 2 aliphatic rings. The SMILES string of the molecule is O=C1CCC2=C(C=CC=CN2)N1. The van der Waals surface area contributed by atoms with Crippen molar-refractivity contribution in [3.63, 3.8) is 0 Å². The Kier molecular flexibility index (Phi) is 1.70. The van der Waals surface area contributed by atoms with Crippen LogP contribution in [0.1, 0.15) is 12.8 Å². The summed E-state index contributed by atoms with van der Waals surface area (Å²) in [6.45, 7) is 0. The first-order valence-corrected chi connectivity index (χ1v) is 3.99. The summed E-state index contributed by atoms with van der Waals surface area (Å²) in [4.78, 5) is 11.0. The number of carbonyl (C=O) groups is 1. The van der Waals surface area contributed by atoms with Crippen molar-refractivity contribution in [1.29, 1.82) is 0 Å². The molecule has 0 radical (unpaired) electrons. The van der Waals surface area contributed by atoms with E-state index in [1.807, 2.05) is 24.4 Å². The van der Waals surface area contributed by atoms with Gasteiger partial charge in [0.05, 0.1) is 5.70 Å². The molecule has 2 heterocycles. The number of nitrogens with one attached hydrogen (secondary N) is 2. The van der Waals surface area contributed by atoms with Crippen LogP contribution in [0.15, 0.2) is 35.8 Å². The fraction of sp³-hybridized carbons (Fsp3) is 0.222. The van der Waals surface area contributed by atoms with Crippen molar-refractivity contribution in [3.05, 3.63) is 35.8 Å². The first kappa shape index (κ1) is 7.16. The Morgan fingerprint density at radius 3 is 3.08 bits per heavy atom. The van der Waals surface area contributed by atoms with Crippen LogP contribution in [0.2, 0.25) is 0 Å². The van der Waals surface area contributed by atoms with E-state index in [9.17, 15) is 4.79 Å². The van der Waals surface area contributed by atoms with E-state index in [2.05, 4.69) is 10.6 Å². The first-order chi connectivity index (χ1) is 5.86. The number of hydrogen-bond donors (Lipinski definition) is 2. The molecule has 0 spiro atoms. The predicted octanol–water partition coefficient (Wildman–Crippen LogP) is 0.781. The van der Waals surface area contributed by atoms with Gasteiger partial charge in [0, 0.05) is 18.3 Å². The van der Waals surface area contributed by atoms with Crippen LogP contribution < -0.4 is 10.6 Å². The van der Waals surface area contributed by atoms with Gasteiger partial charge in [-0.3, -0.25) is 4.79 Å². The van der Waals surface area contributed by atoms with E-state index in [0.29, 0.717) is 6.42 Å². The molecule has 0 aliphatic carbocycles. The monoisotopic (exact) mass is 162 g/mol. The fourth-order valence-corrected chi connectivity index (χ4v) is 1.31. The van der Waals surface area contributed by atoms with Crippen LogP contribution in [0.4, 0.5) is 0 Å². The topological polar surface area (TPSA) is 41.1 Å². The fourth-order valence-electron chi connectivity index (χ4n) is 1.31. The molecule has 62 valence electrons. The van der Waals surface area contributed by atoms with Gasteiger partial charge in [-0.15, -0.1) is 0 Å². The molecule has 2 aliphatic heterocycles. The van der Waals surface area contributed by atoms with Gasteiger partial charge < -0.3 is 10.6 Å². The summed E-state index contributed by atoms with van der Waals surface area (Å²) in [7, 11) is 0. The molecule has 0 aromatic heterocycles. The number of allylic oxidation sites excluding steroid dienone is 4. The zero-order chi connectivity index (χ0) is 8.39. The predicted molar refractivity (Wildman–Crippen MR) is 45.8 cm³/mol. The minimum absolute atomic E-state index is 0.0992. The maximum absolute atomic E-state index is 11.0. The normalized spacial score (nSPS) is 21.2. The standard InChI is InChI=1S/C9H10N2O/c12-9-5-4-7-8(11-9)3-1-2-6-10-7/h1-3,6,10H,4-5H2,(H,11,12). The van der Waals surface area contributed by atoms with Crippen molar-refractivity contribution >= 4 is 5.91 Å². The lowest BCUT2D eigenvalue weighted by molar-refractivity contribution is -0.120. The second-order valence-electron chi connectivity index (χ2n) is 2.80. The Balaban J connectivity index is 2.29. The zero-order valence-electron chi connectivity index (χ0n) is 6.63. The first-order valence-electron chi connectivity index (χ1n) is 3.99. The summed E-state index contributed by atoms with van der Waals surface area (Å²) in [6, 6.07) is 0. The molecule has 0 saturated heterocycles. The van der Waals surface area contributed by atoms with Gasteiger partial charge in [-0.25, -0.2) is 0 Å². The third kappa shape index (κ3) is 1.25. The van der Waals surface area contributed by atoms with Crippen LogP contribution in [0.25, 0.3) is 0 Å². The molecule has 12 heavy (non-hydrogen) atoms. The Hall–Kier alpha value is -1.51. The molecule has 0 fully saturated rings. The maximum atomic E-state index is 11.0. The van der Waals surface area contributed by atoms with E-state index in [0.717, 1.165) is 17.8 Å². The van der Waals surface area contributed by atoms with Gasteiger partial charge in [-0.1, -0.05) is 6.08 Å². The average Bonchev–Trinajstić information content (AvgIpc) is 2.28. The molecule has 2 N–H and O–H groups in total. The Bertz CT molecular complexity index is 300. The van der Waals surface area contributed by atoms with E-state index in [-0.39, 0.29) is 5.91 Å². The minimum atomic E-state index is 0.0992. The van der Waals surface area contributed by atoms with Crippen LogP contribution in [0.3, 0.4) is 0 Å². The highest BCUT2D eigenvalue weighted by Gasteiger charge is 2.15. The molecular formula is C9H10N2O. The summed E-state index contributed by atoms with van der Waals surface area (Å²) in [5, 5.41) is 5.94. The van der Waals surface area contributed by atoms with Gasteiger partial charge in [-0.2, -0.15) is 0 Å². The molecule has 3 heteroatoms. The molecule has 0 aromatic rings. The summed E-state index contributed by atoms with van der Waals surface area (Å²) < 4.78 is 0. The zero-order valence-corrected chi connectivity index (χ0v) is 6.63. The Labute approximate surface area is 70.8 Å². The van der Waals surface area contributed by atoms with Gasteiger partial charge in [0.2, 0.25) is 5.91 Å². The highest BCUT2D eigenvalue weighted by Crippen LogP contribution is 2.14. The number of carbonyl (C=O) groups excluding carboxylic acids is 1. The van der Waals surface area contributed by atoms with Crippen LogP contribution in [-0.4, -0.2) is 5.91 Å². The van der Waals surface area contributed by atoms with E-state index in [4.69, 9.17) is 0 Å². The molecule has 0 unspecified atom stereocenters. The summed E-state index contributed by atoms with van der Waals surface area (Å²) >= 11 is 0. The third-order valence-electron chi connectivity index (χ3n) is 1.93. The summed E-state index contributed by atoms with van der Waals surface area (Å²) in [6.07, 6.45) is 8.97. The highest BCUT2D eigenvalue weighted by molar-refractivity contribution is 5.80. The van der Waals surface area contributed by atoms with E-state index in [1.165, 1.54) is 0 Å². The lowest BCUT2D eigenvalue weighted by Crippen LogP contribution is -2.29. The molecule has 1 amide bonds. The van der Waals surface area contributed by atoms with Crippen molar-refractivity contribution < 1.29 is 4.79 Å². The number of rotatable bonds is 0. The lowest BCUT2D eigenvalue weighted by Gasteiger charge is -2.17. The van der Waals surface area contributed by atoms with Crippen LogP contribution in [0.5, 0.6) is 0 Å². The average molecular weight is 162 g/mol. The minimum Gasteiger partial charge on any atom is -0.363 e. The van der Waals surface area contributed by atoms with E-state index >= 15 is 0 Å². The third-order valence-corrected chi connectivity index (χ3v) is 1.93. The largest absolute Gasteiger partial charge is 0.363 e. The molecule has 2 rings (SSSR count). The second-order valence-corrected chi connectivity index (χ2v) is 2.80. The maximum Gasteiger partial charge on any atom is 0.224 e. The van der Waals surface area contributed by atoms with Crippen molar-refractivity contribution in [1.82, 2.24) is 10.6 Å². The molecule has 0 bridgehead atoms. The summed E-state index contributed by atoms with van der Waals surface area (Å²) in [5.74, 6) is 0.0992. The van der Waals surface area contributed by atoms with Crippen molar-refractivity contribution in [3.8, 4) is 0 Å². The summed E-state index contributed by atoms with van der Waals surface area (Å²) in [5.41, 5.74) is 2.00. The molecule has 0 aromatic carbocycles. The van der Waals surface area contributed by atoms with Gasteiger partial charge in [0.1, 0.15) is 0 Å². The second kappa shape index (κ2) is 2.85. The van der Waals surface area contributed by atoms with Crippen molar-refractivity contribution in [2.75, 3.05) is 0 Å². The van der Waals surface area contributed by atoms with Gasteiger partial charge in [0.15, 0.2) is 0 Å². The van der Waals surface area contributed by atoms with Crippen LogP contribution >= 0.6 is 0 Å². The molecule has 0 saturated carbocycles. The van der Waals surface area contributed by atoms with Gasteiger partial charge >= 0.3 is 0 Å². The van der Waals surface area contributed by atoms with Crippen LogP contribution in [0, 0.1) is 0 Å². The Morgan fingerprint density at radius 2 is 2.17 bits per heavy atom. The number of amides is 1. The van der Waals surface area contributed by atoms with Gasteiger partial charge in [0.25, 0.3) is 0 Å². The van der Waals surface area contributed by atoms with Crippen molar-refractivity contribution in [2.45, 2.75) is 12.8 Å². The van der Waals surface area contributed by atoms with Crippen molar-refractivity contribution in [2.24, 2.45) is 0 Å². The molecular weight excluding hydrogens is 152 g/mol. The quantitative estimate of drug-likeness (QED) is 0.552. The number of hydrogen-bond acceptors (Lipinski definition) is 2. The van der Waals surface area contributed by atoms with Gasteiger partial charge in [-0.05, 0) is 18.6 Å². The Morgan fingerprint density at radius 1 is 1.25 bits per heavy atom. The smallest absolute Gasteiger partial charge is 0.224 e. The lowest BCUT2D eigenvalue weighted by atomic mass is 10.1. The molecule has 3 nitrogen and oxygen atoms in total. The van der Waals surface area contributed by atoms with E-state index < -0.39 is 0 Å². The van der Waals surface area contributed by atoms with E-state index in [1.54, 1.807) is 0 Å².